The summed E-state index contributed by atoms with van der Waals surface area (Å²) in [5, 5.41) is 36.5. The first kappa shape index (κ1) is 25.0. The second kappa shape index (κ2) is 10.6. The highest BCUT2D eigenvalue weighted by Crippen LogP contribution is 2.56. The first-order valence-corrected chi connectivity index (χ1v) is 14.1. The summed E-state index contributed by atoms with van der Waals surface area (Å²) in [6, 6.07) is 31.6. The number of benzene rings is 4. The van der Waals surface area contributed by atoms with Crippen molar-refractivity contribution in [2.24, 2.45) is 0 Å². The van der Waals surface area contributed by atoms with Gasteiger partial charge in [-0.3, -0.25) is 0 Å². The van der Waals surface area contributed by atoms with Crippen LogP contribution in [0.1, 0.15) is 28.7 Å². The van der Waals surface area contributed by atoms with Crippen LogP contribution in [0.3, 0.4) is 0 Å². The van der Waals surface area contributed by atoms with Crippen LogP contribution in [0, 0.1) is 20.8 Å². The minimum Gasteiger partial charge on any atom is -0.507 e. The van der Waals surface area contributed by atoms with Crippen LogP contribution >= 0.6 is 7.26 Å². The third-order valence-electron chi connectivity index (χ3n) is 7.17. The third-order valence-corrected chi connectivity index (χ3v) is 11.7. The van der Waals surface area contributed by atoms with Gasteiger partial charge in [0.05, 0.1) is 12.3 Å². The summed E-state index contributed by atoms with van der Waals surface area (Å²) < 4.78 is 0. The zero-order chi connectivity index (χ0) is 25.0. The van der Waals surface area contributed by atoms with Gasteiger partial charge in [0.1, 0.15) is 34.7 Å². The molecule has 0 bridgehead atoms. The molecule has 0 aliphatic carbocycles. The quantitative estimate of drug-likeness (QED) is 0.234. The smallest absolute Gasteiger partial charge is 0.122 e. The van der Waals surface area contributed by atoms with Crippen LogP contribution in [0.5, 0.6) is 11.5 Å². The van der Waals surface area contributed by atoms with Crippen molar-refractivity contribution in [2.75, 3.05) is 6.16 Å². The average molecular weight is 486 g/mol. The molecule has 4 rings (SSSR count). The van der Waals surface area contributed by atoms with Crippen molar-refractivity contribution in [3.05, 3.63) is 113 Å². The van der Waals surface area contributed by atoms with Gasteiger partial charge in [0.2, 0.25) is 0 Å². The van der Waals surface area contributed by atoms with Gasteiger partial charge in [-0.15, -0.1) is 0 Å². The Morgan fingerprint density at radius 3 is 1.43 bits per heavy atom. The summed E-state index contributed by atoms with van der Waals surface area (Å²) >= 11 is 0. The maximum absolute atomic E-state index is 11.5. The summed E-state index contributed by atoms with van der Waals surface area (Å²) in [6.07, 6.45) is 0.990. The van der Waals surface area contributed by atoms with Gasteiger partial charge in [-0.2, -0.15) is 0 Å². The van der Waals surface area contributed by atoms with E-state index in [-0.39, 0.29) is 11.5 Å². The van der Waals surface area contributed by atoms with Crippen LogP contribution in [0.25, 0.3) is 0 Å². The Labute approximate surface area is 209 Å². The molecule has 0 aliphatic heterocycles. The van der Waals surface area contributed by atoms with Gasteiger partial charge in [-0.05, 0) is 86.7 Å². The van der Waals surface area contributed by atoms with Crippen molar-refractivity contribution in [1.29, 1.82) is 0 Å². The molecule has 3 N–H and O–H groups in total. The number of rotatable bonds is 8. The maximum atomic E-state index is 11.5. The van der Waals surface area contributed by atoms with E-state index in [1.807, 2.05) is 39.0 Å². The van der Waals surface area contributed by atoms with Gasteiger partial charge < -0.3 is 15.3 Å². The fourth-order valence-corrected chi connectivity index (χ4v) is 9.40. The Balaban J connectivity index is 1.74. The van der Waals surface area contributed by atoms with Crippen LogP contribution in [0.15, 0.2) is 91.0 Å². The number of hydrogen-bond donors (Lipinski definition) is 3. The number of phenolic OH excluding ortho intramolecular Hbond substituents is 2. The molecule has 0 spiro atoms. The predicted molar refractivity (Wildman–Crippen MR) is 148 cm³/mol. The van der Waals surface area contributed by atoms with Gasteiger partial charge in [-0.25, -0.2) is 0 Å². The van der Waals surface area contributed by atoms with Crippen LogP contribution in [-0.4, -0.2) is 27.6 Å². The van der Waals surface area contributed by atoms with Crippen LogP contribution in [0.4, 0.5) is 0 Å². The normalized spacial score (nSPS) is 12.5. The summed E-state index contributed by atoms with van der Waals surface area (Å²) in [5.41, 5.74) is 2.80. The molecular weight excluding hydrogens is 451 g/mol. The van der Waals surface area contributed by atoms with Gasteiger partial charge in [0.15, 0.2) is 0 Å². The van der Waals surface area contributed by atoms with Crippen molar-refractivity contribution >= 4 is 23.2 Å². The molecule has 3 nitrogen and oxygen atoms in total. The van der Waals surface area contributed by atoms with Gasteiger partial charge in [-0.1, -0.05) is 54.6 Å². The summed E-state index contributed by atoms with van der Waals surface area (Å²) in [7, 11) is -2.14. The molecule has 0 fully saturated rings. The molecule has 1 unspecified atom stereocenters. The van der Waals surface area contributed by atoms with E-state index in [4.69, 9.17) is 0 Å². The molecule has 0 aliphatic rings. The lowest BCUT2D eigenvalue weighted by molar-refractivity contribution is 0.188. The molecule has 0 saturated heterocycles. The van der Waals surface area contributed by atoms with Gasteiger partial charge >= 0.3 is 0 Å². The Kier molecular flexibility index (Phi) is 7.60. The first-order chi connectivity index (χ1) is 16.9. The highest BCUT2D eigenvalue weighted by atomic mass is 31.2. The van der Waals surface area contributed by atoms with Crippen LogP contribution < -0.4 is 15.9 Å². The van der Waals surface area contributed by atoms with Gasteiger partial charge in [0, 0.05) is 5.56 Å². The second-order valence-electron chi connectivity index (χ2n) is 9.24. The standard InChI is InChI=1S/C31H33O3P/c1-22-23(2)31(34)29(24(3)30(22)33)20-19-25(32)21-35(26-13-7-4-8-14-26,27-15-9-5-10-16-27)28-17-11-6-12-18-28/h4-18,25,32H,19-21H2,1-3H3,(H-,33,34)/p+1. The van der Waals surface area contributed by atoms with Crippen molar-refractivity contribution in [1.82, 2.24) is 0 Å². The molecule has 180 valence electrons. The van der Waals surface area contributed by atoms with E-state index in [9.17, 15) is 15.3 Å². The van der Waals surface area contributed by atoms with E-state index >= 15 is 0 Å². The lowest BCUT2D eigenvalue weighted by Gasteiger charge is -2.29. The largest absolute Gasteiger partial charge is 0.507 e. The van der Waals surface area contributed by atoms with E-state index in [2.05, 4.69) is 72.8 Å². The Morgan fingerprint density at radius 2 is 1.00 bits per heavy atom. The molecule has 35 heavy (non-hydrogen) atoms. The Bertz CT molecular complexity index is 1150. The minimum atomic E-state index is -2.14. The fourth-order valence-electron chi connectivity index (χ4n) is 5.02. The summed E-state index contributed by atoms with van der Waals surface area (Å²) in [6.45, 7) is 5.47. The van der Waals surface area contributed by atoms with E-state index in [0.717, 1.165) is 0 Å². The van der Waals surface area contributed by atoms with E-state index < -0.39 is 13.4 Å². The predicted octanol–water partition coefficient (Wildman–Crippen LogP) is 5.31. The van der Waals surface area contributed by atoms with Crippen molar-refractivity contribution in [3.8, 4) is 11.5 Å². The number of aliphatic hydroxyl groups excluding tert-OH is 1. The number of aliphatic hydroxyl groups is 1. The molecule has 4 aromatic rings. The summed E-state index contributed by atoms with van der Waals surface area (Å²) in [4.78, 5) is 0. The monoisotopic (exact) mass is 485 g/mol. The summed E-state index contributed by atoms with van der Waals surface area (Å²) in [5.74, 6) is 0.449. The maximum Gasteiger partial charge on any atom is 0.122 e. The molecule has 1 atom stereocenters. The first-order valence-electron chi connectivity index (χ1n) is 12.1. The second-order valence-corrected chi connectivity index (χ2v) is 12.8. The SMILES string of the molecule is Cc1c(C)c(O)c(CCC(O)C[P+](c2ccccc2)(c2ccccc2)c2ccccc2)c(C)c1O. The minimum absolute atomic E-state index is 0.222. The lowest BCUT2D eigenvalue weighted by atomic mass is 9.94. The molecule has 0 saturated carbocycles. The molecule has 0 aromatic heterocycles. The number of hydrogen-bond acceptors (Lipinski definition) is 3. The topological polar surface area (TPSA) is 60.7 Å². The zero-order valence-corrected chi connectivity index (χ0v) is 21.5. The molecule has 4 aromatic carbocycles. The van der Waals surface area contributed by atoms with Crippen molar-refractivity contribution in [3.63, 3.8) is 0 Å². The van der Waals surface area contributed by atoms with Crippen molar-refractivity contribution < 1.29 is 15.3 Å². The fraction of sp³-hybridized carbons (Fsp3) is 0.226. The molecule has 0 amide bonds. The number of aromatic hydroxyl groups is 2. The van der Waals surface area contributed by atoms with Gasteiger partial charge in [0.25, 0.3) is 0 Å². The Morgan fingerprint density at radius 1 is 0.600 bits per heavy atom. The Hall–Kier alpha value is -3.13. The lowest BCUT2D eigenvalue weighted by Crippen LogP contribution is -2.37. The van der Waals surface area contributed by atoms with E-state index in [1.165, 1.54) is 15.9 Å². The average Bonchev–Trinajstić information content (AvgIpc) is 2.91. The molecular formula is C31H34O3P+. The highest BCUT2D eigenvalue weighted by molar-refractivity contribution is 7.95. The number of phenols is 2. The van der Waals surface area contributed by atoms with Crippen molar-refractivity contribution in [2.45, 2.75) is 39.7 Å². The molecule has 4 heteroatoms. The molecule has 0 heterocycles. The molecule has 0 radical (unpaired) electrons. The van der Waals surface area contributed by atoms with E-state index in [1.54, 1.807) is 0 Å². The zero-order valence-electron chi connectivity index (χ0n) is 20.6. The van der Waals surface area contributed by atoms with E-state index in [0.29, 0.717) is 41.3 Å². The van der Waals surface area contributed by atoms with Crippen LogP contribution in [0.2, 0.25) is 0 Å². The third kappa shape index (κ3) is 4.85. The highest BCUT2D eigenvalue weighted by Gasteiger charge is 2.46. The van der Waals surface area contributed by atoms with Crippen LogP contribution in [-0.2, 0) is 6.42 Å².